The zero-order valence-electron chi connectivity index (χ0n) is 20.9. The van der Waals surface area contributed by atoms with Crippen LogP contribution < -0.4 is 5.32 Å². The minimum atomic E-state index is -2.79. The van der Waals surface area contributed by atoms with Crippen LogP contribution in [0.2, 0.25) is 0 Å². The van der Waals surface area contributed by atoms with E-state index in [1.807, 2.05) is 11.5 Å². The Hall–Kier alpha value is -3.43. The van der Waals surface area contributed by atoms with E-state index in [0.717, 1.165) is 55.6 Å². The first-order chi connectivity index (χ1) is 18.4. The Balaban J connectivity index is 1.35. The molecule has 4 heterocycles. The van der Waals surface area contributed by atoms with E-state index >= 15 is 0 Å². The molecule has 7 nitrogen and oxygen atoms in total. The Morgan fingerprint density at radius 2 is 1.68 bits per heavy atom. The van der Waals surface area contributed by atoms with E-state index in [-0.39, 0.29) is 11.8 Å². The number of allylic oxidation sites excluding steroid dienone is 1. The summed E-state index contributed by atoms with van der Waals surface area (Å²) in [5, 5.41) is 4.75. The average molecular weight is 537 g/mol. The largest absolute Gasteiger partial charge is 0.354 e. The number of fused-ring (bicyclic) bond motifs is 3. The average Bonchev–Trinajstić information content (AvgIpc) is 3.03. The molecule has 1 amide bonds. The van der Waals surface area contributed by atoms with E-state index < -0.39 is 28.3 Å². The number of rotatable bonds is 3. The second-order valence-corrected chi connectivity index (χ2v) is 12.3. The van der Waals surface area contributed by atoms with Crippen molar-refractivity contribution in [3.05, 3.63) is 77.0 Å². The molecule has 0 aromatic heterocycles. The van der Waals surface area contributed by atoms with Crippen molar-refractivity contribution in [1.82, 2.24) is 4.90 Å². The first kappa shape index (κ1) is 24.9. The Kier molecular flexibility index (Phi) is 6.57. The van der Waals surface area contributed by atoms with E-state index in [9.17, 15) is 18.8 Å². The fraction of sp³-hybridized carbons (Fsp3) is 0.345. The highest BCUT2D eigenvalue weighted by atomic mass is 32.3. The van der Waals surface area contributed by atoms with Gasteiger partial charge in [-0.05, 0) is 99.1 Å². The lowest BCUT2D eigenvalue weighted by atomic mass is 9.87. The standard InChI is InChI=1S/C29H29FN2O5S/c30-21-7-4-20(5-8-21)29(35)31-22-9-11-26-24(17-22)25(18-38(26)36-27(33)12-13-28(34)37-38)19-6-10-23-3-1-2-15-32(23)16-14-19/h4-5,7-9,11-13,17-19,23H,1-3,6,10,14-16H2,(H,31,35). The first-order valence-corrected chi connectivity index (χ1v) is 14.6. The van der Waals surface area contributed by atoms with Gasteiger partial charge in [0, 0.05) is 35.0 Å². The number of carbonyl (C=O) groups excluding carboxylic acids is 3. The van der Waals surface area contributed by atoms with E-state index in [0.29, 0.717) is 22.2 Å². The number of amides is 1. The molecule has 4 aliphatic heterocycles. The van der Waals surface area contributed by atoms with Gasteiger partial charge in [-0.25, -0.2) is 14.0 Å². The van der Waals surface area contributed by atoms with Gasteiger partial charge in [-0.1, -0.05) is 17.0 Å². The van der Waals surface area contributed by atoms with Gasteiger partial charge in [0.05, 0.1) is 10.3 Å². The van der Waals surface area contributed by atoms with Gasteiger partial charge < -0.3 is 18.6 Å². The third-order valence-corrected chi connectivity index (χ3v) is 10.2. The Morgan fingerprint density at radius 3 is 2.45 bits per heavy atom. The van der Waals surface area contributed by atoms with Gasteiger partial charge in [0.15, 0.2) is 0 Å². The van der Waals surface area contributed by atoms with Crippen molar-refractivity contribution < 1.29 is 27.1 Å². The topological polar surface area (TPSA) is 84.9 Å². The van der Waals surface area contributed by atoms with Gasteiger partial charge >= 0.3 is 11.9 Å². The van der Waals surface area contributed by atoms with Crippen molar-refractivity contribution in [1.29, 1.82) is 0 Å². The number of hydrogen-bond acceptors (Lipinski definition) is 6. The van der Waals surface area contributed by atoms with E-state index in [4.69, 9.17) is 8.37 Å². The minimum Gasteiger partial charge on any atom is -0.332 e. The van der Waals surface area contributed by atoms with Crippen LogP contribution in [0.15, 0.2) is 64.9 Å². The van der Waals surface area contributed by atoms with Crippen molar-refractivity contribution in [2.24, 2.45) is 5.92 Å². The van der Waals surface area contributed by atoms with Gasteiger partial charge in [-0.2, -0.15) is 0 Å². The number of anilines is 1. The molecule has 0 radical (unpaired) electrons. The number of benzene rings is 2. The van der Waals surface area contributed by atoms with Crippen molar-refractivity contribution in [2.75, 3.05) is 18.4 Å². The summed E-state index contributed by atoms with van der Waals surface area (Å²) in [6, 6.07) is 11.3. The van der Waals surface area contributed by atoms with Crippen LogP contribution >= 0.6 is 10.6 Å². The molecule has 2 aromatic carbocycles. The fourth-order valence-electron chi connectivity index (χ4n) is 5.94. The molecule has 2 atom stereocenters. The van der Waals surface area contributed by atoms with Crippen LogP contribution in [0.5, 0.6) is 0 Å². The summed E-state index contributed by atoms with van der Waals surface area (Å²) in [5.41, 5.74) is 2.71. The number of hydrogen-bond donors (Lipinski definition) is 1. The maximum atomic E-state index is 13.3. The predicted octanol–water partition coefficient (Wildman–Crippen LogP) is 5.74. The predicted molar refractivity (Wildman–Crippen MR) is 143 cm³/mol. The van der Waals surface area contributed by atoms with Crippen molar-refractivity contribution in [3.8, 4) is 0 Å². The Labute approximate surface area is 222 Å². The van der Waals surface area contributed by atoms with Crippen LogP contribution in [0.4, 0.5) is 10.1 Å². The molecule has 9 heteroatoms. The minimum absolute atomic E-state index is 0.197. The molecule has 0 aliphatic carbocycles. The number of nitrogens with zero attached hydrogens (tertiary/aromatic N) is 1. The van der Waals surface area contributed by atoms with E-state index in [2.05, 4.69) is 10.2 Å². The summed E-state index contributed by atoms with van der Waals surface area (Å²) in [7, 11) is -2.79. The molecule has 0 bridgehead atoms. The molecule has 1 N–H and O–H groups in total. The smallest absolute Gasteiger partial charge is 0.332 e. The maximum absolute atomic E-state index is 13.3. The Morgan fingerprint density at radius 1 is 0.921 bits per heavy atom. The van der Waals surface area contributed by atoms with Gasteiger partial charge in [0.25, 0.3) is 5.91 Å². The van der Waals surface area contributed by atoms with Gasteiger partial charge in [-0.15, -0.1) is 0 Å². The number of halogens is 1. The molecule has 38 heavy (non-hydrogen) atoms. The second kappa shape index (κ2) is 10.0. The van der Waals surface area contributed by atoms with E-state index in [1.165, 1.54) is 43.5 Å². The Bertz CT molecular complexity index is 1320. The lowest BCUT2D eigenvalue weighted by Gasteiger charge is -2.35. The summed E-state index contributed by atoms with van der Waals surface area (Å²) >= 11 is 0. The van der Waals surface area contributed by atoms with Crippen molar-refractivity contribution in [2.45, 2.75) is 49.5 Å². The molecule has 2 saturated heterocycles. The quantitative estimate of drug-likeness (QED) is 0.539. The summed E-state index contributed by atoms with van der Waals surface area (Å²) in [5.74, 6) is -1.83. The monoisotopic (exact) mass is 536 g/mol. The summed E-state index contributed by atoms with van der Waals surface area (Å²) in [4.78, 5) is 41.0. The second-order valence-electron chi connectivity index (χ2n) is 10.2. The van der Waals surface area contributed by atoms with Crippen LogP contribution in [-0.2, 0) is 18.0 Å². The highest BCUT2D eigenvalue weighted by molar-refractivity contribution is 8.29. The molecule has 6 rings (SSSR count). The lowest BCUT2D eigenvalue weighted by Crippen LogP contribution is -2.38. The zero-order valence-corrected chi connectivity index (χ0v) is 21.7. The van der Waals surface area contributed by atoms with Crippen LogP contribution in [0.25, 0.3) is 5.57 Å². The van der Waals surface area contributed by atoms with Crippen molar-refractivity contribution in [3.63, 3.8) is 0 Å². The first-order valence-electron chi connectivity index (χ1n) is 13.1. The van der Waals surface area contributed by atoms with Crippen molar-refractivity contribution >= 4 is 39.7 Å². The normalized spacial score (nSPS) is 25.2. The third kappa shape index (κ3) is 4.76. The van der Waals surface area contributed by atoms with Gasteiger partial charge in [0.2, 0.25) is 0 Å². The fourth-order valence-corrected chi connectivity index (χ4v) is 8.37. The van der Waals surface area contributed by atoms with Crippen LogP contribution in [-0.4, -0.2) is 41.9 Å². The van der Waals surface area contributed by atoms with Gasteiger partial charge in [-0.3, -0.25) is 4.79 Å². The summed E-state index contributed by atoms with van der Waals surface area (Å²) < 4.78 is 24.9. The molecule has 2 aromatic rings. The molecule has 2 fully saturated rings. The van der Waals surface area contributed by atoms with Crippen LogP contribution in [0.1, 0.15) is 54.4 Å². The molecular weight excluding hydrogens is 507 g/mol. The van der Waals surface area contributed by atoms with E-state index in [1.54, 1.807) is 12.1 Å². The number of nitrogens with one attached hydrogen (secondary N) is 1. The lowest BCUT2D eigenvalue weighted by molar-refractivity contribution is -0.129. The molecule has 1 spiro atoms. The molecule has 0 saturated carbocycles. The molecule has 4 aliphatic rings. The number of carbonyl (C=O) groups is 3. The molecule has 2 unspecified atom stereocenters. The summed E-state index contributed by atoms with van der Waals surface area (Å²) in [6.07, 6.45) is 8.92. The van der Waals surface area contributed by atoms with Crippen LogP contribution in [0, 0.1) is 11.7 Å². The third-order valence-electron chi connectivity index (χ3n) is 7.81. The SMILES string of the molecule is O=C1C=CC(=O)OS2(C=C(C3CCC4CCCCN4CC3)c3cc(NC(=O)c4ccc(F)cc4)ccc32)O1. The molecule has 198 valence electrons. The zero-order chi connectivity index (χ0) is 26.3. The molecular formula is C29H29FN2O5S. The van der Waals surface area contributed by atoms with Crippen LogP contribution in [0.3, 0.4) is 0 Å². The maximum Gasteiger partial charge on any atom is 0.354 e. The number of piperidine rings is 1. The summed E-state index contributed by atoms with van der Waals surface area (Å²) in [6.45, 7) is 2.12. The van der Waals surface area contributed by atoms with Gasteiger partial charge in [0.1, 0.15) is 5.82 Å². The highest BCUT2D eigenvalue weighted by Crippen LogP contribution is 2.68. The highest BCUT2D eigenvalue weighted by Gasteiger charge is 2.41.